The third kappa shape index (κ3) is 4.31. The van der Waals surface area contributed by atoms with Crippen molar-refractivity contribution in [3.05, 3.63) is 90.1 Å². The minimum Gasteiger partial charge on any atom is -0.489 e. The Balaban J connectivity index is 1.36. The normalized spacial score (nSPS) is 14.0. The molecule has 1 aromatic heterocycles. The topological polar surface area (TPSA) is 45.7 Å². The molecule has 1 fully saturated rings. The molecule has 0 atom stereocenters. The van der Waals surface area contributed by atoms with Gasteiger partial charge in [0.05, 0.1) is 0 Å². The predicted octanol–water partition coefficient (Wildman–Crippen LogP) is 3.62. The summed E-state index contributed by atoms with van der Waals surface area (Å²) in [6.07, 6.45) is 1.80. The first-order valence-electron chi connectivity index (χ1n) is 9.52. The van der Waals surface area contributed by atoms with Crippen LogP contribution in [0.2, 0.25) is 0 Å². The van der Waals surface area contributed by atoms with Gasteiger partial charge in [0.25, 0.3) is 5.91 Å². The quantitative estimate of drug-likeness (QED) is 0.685. The van der Waals surface area contributed by atoms with E-state index in [4.69, 9.17) is 4.74 Å². The fourth-order valence-electron chi connectivity index (χ4n) is 3.34. The Bertz CT molecular complexity index is 907. The van der Waals surface area contributed by atoms with Crippen LogP contribution in [0.25, 0.3) is 0 Å². The zero-order valence-corrected chi connectivity index (χ0v) is 15.7. The van der Waals surface area contributed by atoms with E-state index in [-0.39, 0.29) is 5.91 Å². The summed E-state index contributed by atoms with van der Waals surface area (Å²) >= 11 is 0. The second-order valence-electron chi connectivity index (χ2n) is 6.77. The molecule has 5 heteroatoms. The number of piperazine rings is 1. The second kappa shape index (κ2) is 8.57. The molecular formula is C23H23N3O2. The standard InChI is InChI=1S/C23H23N3O2/c27-23(26-15-13-25(14-16-26)22-11-4-5-12-24-22)20-8-6-7-19(17-20)18-28-21-9-2-1-3-10-21/h1-12,17H,13-16,18H2. The average molecular weight is 373 g/mol. The van der Waals surface area contributed by atoms with Crippen molar-refractivity contribution in [3.8, 4) is 5.75 Å². The van der Waals surface area contributed by atoms with E-state index >= 15 is 0 Å². The number of carbonyl (C=O) groups excluding carboxylic acids is 1. The summed E-state index contributed by atoms with van der Waals surface area (Å²) in [6, 6.07) is 23.3. The van der Waals surface area contributed by atoms with E-state index in [1.807, 2.05) is 77.7 Å². The zero-order valence-electron chi connectivity index (χ0n) is 15.7. The number of rotatable bonds is 5. The lowest BCUT2D eigenvalue weighted by molar-refractivity contribution is 0.0746. The van der Waals surface area contributed by atoms with Crippen LogP contribution < -0.4 is 9.64 Å². The molecule has 0 bridgehead atoms. The molecule has 0 aliphatic carbocycles. The summed E-state index contributed by atoms with van der Waals surface area (Å²) in [7, 11) is 0. The van der Waals surface area contributed by atoms with E-state index < -0.39 is 0 Å². The molecule has 3 aromatic rings. The van der Waals surface area contributed by atoms with Crippen LogP contribution in [-0.2, 0) is 6.61 Å². The van der Waals surface area contributed by atoms with Gasteiger partial charge in [0.1, 0.15) is 18.2 Å². The molecule has 2 heterocycles. The highest BCUT2D eigenvalue weighted by Gasteiger charge is 2.22. The number of pyridine rings is 1. The van der Waals surface area contributed by atoms with Gasteiger partial charge in [-0.1, -0.05) is 36.4 Å². The zero-order chi connectivity index (χ0) is 19.2. The molecule has 0 radical (unpaired) electrons. The number of aromatic nitrogens is 1. The van der Waals surface area contributed by atoms with Gasteiger partial charge in [0.15, 0.2) is 0 Å². The van der Waals surface area contributed by atoms with E-state index in [9.17, 15) is 4.79 Å². The van der Waals surface area contributed by atoms with Gasteiger partial charge in [-0.3, -0.25) is 4.79 Å². The number of benzene rings is 2. The van der Waals surface area contributed by atoms with Gasteiger partial charge in [-0.2, -0.15) is 0 Å². The van der Waals surface area contributed by atoms with E-state index in [1.54, 1.807) is 6.20 Å². The highest BCUT2D eigenvalue weighted by atomic mass is 16.5. The van der Waals surface area contributed by atoms with Crippen molar-refractivity contribution in [2.24, 2.45) is 0 Å². The lowest BCUT2D eigenvalue weighted by Crippen LogP contribution is -2.49. The fourth-order valence-corrected chi connectivity index (χ4v) is 3.34. The fraction of sp³-hybridized carbons (Fsp3) is 0.217. The monoisotopic (exact) mass is 373 g/mol. The van der Waals surface area contributed by atoms with Crippen LogP contribution in [0.1, 0.15) is 15.9 Å². The smallest absolute Gasteiger partial charge is 0.253 e. The molecule has 28 heavy (non-hydrogen) atoms. The van der Waals surface area contributed by atoms with Crippen molar-refractivity contribution in [2.45, 2.75) is 6.61 Å². The Hall–Kier alpha value is -3.34. The minimum absolute atomic E-state index is 0.0715. The van der Waals surface area contributed by atoms with E-state index in [0.717, 1.165) is 30.2 Å². The SMILES string of the molecule is O=C(c1cccc(COc2ccccc2)c1)N1CCN(c2ccccn2)CC1. The van der Waals surface area contributed by atoms with Gasteiger partial charge in [0.2, 0.25) is 0 Å². The summed E-state index contributed by atoms with van der Waals surface area (Å²) in [5.41, 5.74) is 1.70. The number of amides is 1. The number of anilines is 1. The van der Waals surface area contributed by atoms with Gasteiger partial charge in [0, 0.05) is 37.9 Å². The van der Waals surface area contributed by atoms with Crippen LogP contribution in [0.3, 0.4) is 0 Å². The Morgan fingerprint density at radius 1 is 0.893 bits per heavy atom. The van der Waals surface area contributed by atoms with Crippen LogP contribution in [0.5, 0.6) is 5.75 Å². The van der Waals surface area contributed by atoms with Gasteiger partial charge < -0.3 is 14.5 Å². The number of hydrogen-bond donors (Lipinski definition) is 0. The first kappa shape index (κ1) is 18.0. The van der Waals surface area contributed by atoms with E-state index in [0.29, 0.717) is 25.3 Å². The number of para-hydroxylation sites is 1. The van der Waals surface area contributed by atoms with Crippen molar-refractivity contribution in [2.75, 3.05) is 31.1 Å². The maximum Gasteiger partial charge on any atom is 0.253 e. The van der Waals surface area contributed by atoms with Gasteiger partial charge in [-0.05, 0) is 42.0 Å². The predicted molar refractivity (Wildman–Crippen MR) is 110 cm³/mol. The first-order valence-corrected chi connectivity index (χ1v) is 9.52. The molecule has 0 saturated carbocycles. The number of carbonyl (C=O) groups is 1. The molecule has 0 spiro atoms. The minimum atomic E-state index is 0.0715. The summed E-state index contributed by atoms with van der Waals surface area (Å²) in [6.45, 7) is 3.41. The van der Waals surface area contributed by atoms with Crippen LogP contribution in [0.15, 0.2) is 79.0 Å². The first-order chi connectivity index (χ1) is 13.8. The lowest BCUT2D eigenvalue weighted by Gasteiger charge is -2.35. The third-order valence-corrected chi connectivity index (χ3v) is 4.86. The lowest BCUT2D eigenvalue weighted by atomic mass is 10.1. The van der Waals surface area contributed by atoms with Crippen LogP contribution in [-0.4, -0.2) is 42.0 Å². The van der Waals surface area contributed by atoms with Crippen LogP contribution >= 0.6 is 0 Å². The maximum atomic E-state index is 12.9. The molecule has 0 unspecified atom stereocenters. The van der Waals surface area contributed by atoms with Crippen molar-refractivity contribution in [1.82, 2.24) is 9.88 Å². The van der Waals surface area contributed by atoms with E-state index in [1.165, 1.54) is 0 Å². The number of hydrogen-bond acceptors (Lipinski definition) is 4. The summed E-state index contributed by atoms with van der Waals surface area (Å²) in [5.74, 6) is 1.86. The van der Waals surface area contributed by atoms with Crippen molar-refractivity contribution in [1.29, 1.82) is 0 Å². The van der Waals surface area contributed by atoms with Crippen molar-refractivity contribution >= 4 is 11.7 Å². The molecule has 1 aliphatic heterocycles. The van der Waals surface area contributed by atoms with Crippen LogP contribution in [0.4, 0.5) is 5.82 Å². The molecule has 1 aliphatic rings. The summed E-state index contributed by atoms with van der Waals surface area (Å²) < 4.78 is 5.80. The molecule has 5 nitrogen and oxygen atoms in total. The molecular weight excluding hydrogens is 350 g/mol. The summed E-state index contributed by atoms with van der Waals surface area (Å²) in [4.78, 5) is 21.4. The van der Waals surface area contributed by atoms with Crippen molar-refractivity contribution in [3.63, 3.8) is 0 Å². The Morgan fingerprint density at radius 3 is 2.43 bits per heavy atom. The highest BCUT2D eigenvalue weighted by molar-refractivity contribution is 5.94. The van der Waals surface area contributed by atoms with Crippen molar-refractivity contribution < 1.29 is 9.53 Å². The molecule has 1 saturated heterocycles. The molecule has 0 N–H and O–H groups in total. The van der Waals surface area contributed by atoms with Gasteiger partial charge >= 0.3 is 0 Å². The molecule has 1 amide bonds. The van der Waals surface area contributed by atoms with E-state index in [2.05, 4.69) is 9.88 Å². The Kier molecular flexibility index (Phi) is 5.52. The molecule has 142 valence electrons. The summed E-state index contributed by atoms with van der Waals surface area (Å²) in [5, 5.41) is 0. The number of ether oxygens (including phenoxy) is 1. The Morgan fingerprint density at radius 2 is 1.68 bits per heavy atom. The van der Waals surface area contributed by atoms with Gasteiger partial charge in [-0.25, -0.2) is 4.98 Å². The number of nitrogens with zero attached hydrogens (tertiary/aromatic N) is 3. The van der Waals surface area contributed by atoms with Gasteiger partial charge in [-0.15, -0.1) is 0 Å². The molecule has 4 rings (SSSR count). The van der Waals surface area contributed by atoms with Crippen LogP contribution in [0, 0.1) is 0 Å². The maximum absolute atomic E-state index is 12.9. The molecule has 2 aromatic carbocycles. The average Bonchev–Trinajstić information content (AvgIpc) is 2.79. The Labute approximate surface area is 165 Å². The second-order valence-corrected chi connectivity index (χ2v) is 6.77. The third-order valence-electron chi connectivity index (χ3n) is 4.86. The largest absolute Gasteiger partial charge is 0.489 e. The highest BCUT2D eigenvalue weighted by Crippen LogP contribution is 2.16.